The predicted molar refractivity (Wildman–Crippen MR) is 67.6 cm³/mol. The lowest BCUT2D eigenvalue weighted by Crippen LogP contribution is -2.24. The zero-order valence-corrected chi connectivity index (χ0v) is 11.3. The number of hydrogen-bond acceptors (Lipinski definition) is 2. The van der Waals surface area contributed by atoms with Gasteiger partial charge in [0.25, 0.3) is 0 Å². The normalized spacial score (nSPS) is 11.7. The Morgan fingerprint density at radius 2 is 1.94 bits per heavy atom. The van der Waals surface area contributed by atoms with E-state index in [0.717, 1.165) is 16.7 Å². The number of aliphatic hydroxyl groups is 1. The van der Waals surface area contributed by atoms with Gasteiger partial charge in [-0.1, -0.05) is 25.4 Å². The second kappa shape index (κ2) is 4.64. The standard InChI is InChI=1S/C13H19ClO2/c1-8-6-10(16-5)12(14)9(2)11(8)13(3,4)7-15/h6,15H,7H2,1-5H3. The van der Waals surface area contributed by atoms with Crippen LogP contribution in [0.1, 0.15) is 30.5 Å². The summed E-state index contributed by atoms with van der Waals surface area (Å²) in [6.07, 6.45) is 0. The summed E-state index contributed by atoms with van der Waals surface area (Å²) in [5.74, 6) is 0.689. The first-order valence-corrected chi connectivity index (χ1v) is 5.68. The first-order valence-electron chi connectivity index (χ1n) is 5.30. The molecule has 0 amide bonds. The molecule has 0 fully saturated rings. The van der Waals surface area contributed by atoms with E-state index in [0.29, 0.717) is 10.8 Å². The molecule has 0 aliphatic carbocycles. The molecule has 0 unspecified atom stereocenters. The Kier molecular flexibility index (Phi) is 3.87. The van der Waals surface area contributed by atoms with Gasteiger partial charge in [-0.15, -0.1) is 0 Å². The molecular formula is C13H19ClO2. The lowest BCUT2D eigenvalue weighted by Gasteiger charge is -2.28. The summed E-state index contributed by atoms with van der Waals surface area (Å²) >= 11 is 6.23. The van der Waals surface area contributed by atoms with Gasteiger partial charge in [0.15, 0.2) is 0 Å². The second-order valence-electron chi connectivity index (χ2n) is 4.75. The Hall–Kier alpha value is -0.730. The van der Waals surface area contributed by atoms with Crippen LogP contribution in [0.25, 0.3) is 0 Å². The zero-order chi connectivity index (χ0) is 12.5. The van der Waals surface area contributed by atoms with Crippen molar-refractivity contribution in [2.75, 3.05) is 13.7 Å². The summed E-state index contributed by atoms with van der Waals surface area (Å²) in [6, 6.07) is 1.92. The van der Waals surface area contributed by atoms with Crippen LogP contribution in [0.2, 0.25) is 5.02 Å². The molecular weight excluding hydrogens is 224 g/mol. The molecule has 0 aliphatic rings. The summed E-state index contributed by atoms with van der Waals surface area (Å²) in [4.78, 5) is 0. The molecule has 0 aliphatic heterocycles. The molecule has 0 saturated carbocycles. The van der Waals surface area contributed by atoms with E-state index in [9.17, 15) is 5.11 Å². The Labute approximate surface area is 102 Å². The fourth-order valence-corrected chi connectivity index (χ4v) is 2.42. The number of benzene rings is 1. The molecule has 0 bridgehead atoms. The predicted octanol–water partition coefficient (Wildman–Crippen LogP) is 3.24. The summed E-state index contributed by atoms with van der Waals surface area (Å²) in [5, 5.41) is 10.1. The molecule has 0 atom stereocenters. The number of ether oxygens (including phenoxy) is 1. The minimum Gasteiger partial charge on any atom is -0.495 e. The van der Waals surface area contributed by atoms with Crippen LogP contribution >= 0.6 is 11.6 Å². The summed E-state index contributed by atoms with van der Waals surface area (Å²) in [5.41, 5.74) is 2.89. The maximum atomic E-state index is 9.44. The van der Waals surface area contributed by atoms with Crippen LogP contribution in [-0.4, -0.2) is 18.8 Å². The molecule has 90 valence electrons. The van der Waals surface area contributed by atoms with Crippen molar-refractivity contribution in [3.05, 3.63) is 27.8 Å². The molecule has 0 aromatic heterocycles. The van der Waals surface area contributed by atoms with E-state index in [-0.39, 0.29) is 12.0 Å². The Balaban J connectivity index is 3.48. The average molecular weight is 243 g/mol. The number of aryl methyl sites for hydroxylation is 1. The van der Waals surface area contributed by atoms with Crippen LogP contribution in [-0.2, 0) is 5.41 Å². The van der Waals surface area contributed by atoms with E-state index in [1.165, 1.54) is 0 Å². The summed E-state index contributed by atoms with van der Waals surface area (Å²) in [6.45, 7) is 8.08. The maximum absolute atomic E-state index is 9.44. The number of methoxy groups -OCH3 is 1. The van der Waals surface area contributed by atoms with E-state index >= 15 is 0 Å². The summed E-state index contributed by atoms with van der Waals surface area (Å²) in [7, 11) is 1.61. The maximum Gasteiger partial charge on any atom is 0.138 e. The van der Waals surface area contributed by atoms with Gasteiger partial charge in [0.1, 0.15) is 5.75 Å². The number of halogens is 1. The second-order valence-corrected chi connectivity index (χ2v) is 5.13. The largest absolute Gasteiger partial charge is 0.495 e. The van der Waals surface area contributed by atoms with E-state index in [2.05, 4.69) is 0 Å². The molecule has 1 rings (SSSR count). The monoisotopic (exact) mass is 242 g/mol. The molecule has 1 aromatic carbocycles. The van der Waals surface area contributed by atoms with Crippen molar-refractivity contribution < 1.29 is 9.84 Å². The van der Waals surface area contributed by atoms with Crippen molar-refractivity contribution in [3.8, 4) is 5.75 Å². The van der Waals surface area contributed by atoms with Crippen molar-refractivity contribution in [1.29, 1.82) is 0 Å². The van der Waals surface area contributed by atoms with Crippen LogP contribution in [0.15, 0.2) is 6.07 Å². The minimum absolute atomic E-state index is 0.0946. The van der Waals surface area contributed by atoms with Crippen LogP contribution in [0.5, 0.6) is 5.75 Å². The fraction of sp³-hybridized carbons (Fsp3) is 0.538. The first kappa shape index (κ1) is 13.3. The van der Waals surface area contributed by atoms with Gasteiger partial charge in [-0.05, 0) is 36.6 Å². The Morgan fingerprint density at radius 3 is 2.38 bits per heavy atom. The number of hydrogen-bond donors (Lipinski definition) is 1. The molecule has 16 heavy (non-hydrogen) atoms. The lowest BCUT2D eigenvalue weighted by molar-refractivity contribution is 0.217. The lowest BCUT2D eigenvalue weighted by atomic mass is 9.80. The van der Waals surface area contributed by atoms with Gasteiger partial charge in [-0.3, -0.25) is 0 Å². The Bertz CT molecular complexity index is 397. The van der Waals surface area contributed by atoms with Crippen LogP contribution < -0.4 is 4.74 Å². The average Bonchev–Trinajstić information content (AvgIpc) is 2.23. The molecule has 1 aromatic rings. The highest BCUT2D eigenvalue weighted by molar-refractivity contribution is 6.33. The SMILES string of the molecule is COc1cc(C)c(C(C)(C)CO)c(C)c1Cl. The highest BCUT2D eigenvalue weighted by atomic mass is 35.5. The molecule has 3 heteroatoms. The third-order valence-corrected chi connectivity index (χ3v) is 3.42. The van der Waals surface area contributed by atoms with Gasteiger partial charge in [0.2, 0.25) is 0 Å². The molecule has 0 heterocycles. The Morgan fingerprint density at radius 1 is 1.38 bits per heavy atom. The van der Waals surface area contributed by atoms with Gasteiger partial charge in [-0.25, -0.2) is 0 Å². The van der Waals surface area contributed by atoms with E-state index in [1.54, 1.807) is 7.11 Å². The van der Waals surface area contributed by atoms with Crippen LogP contribution in [0.4, 0.5) is 0 Å². The van der Waals surface area contributed by atoms with Crippen molar-refractivity contribution in [3.63, 3.8) is 0 Å². The highest BCUT2D eigenvalue weighted by Crippen LogP contribution is 2.38. The van der Waals surface area contributed by atoms with Crippen molar-refractivity contribution in [2.45, 2.75) is 33.1 Å². The highest BCUT2D eigenvalue weighted by Gasteiger charge is 2.26. The van der Waals surface area contributed by atoms with Crippen molar-refractivity contribution >= 4 is 11.6 Å². The minimum atomic E-state index is -0.288. The molecule has 0 saturated heterocycles. The van der Waals surface area contributed by atoms with Gasteiger partial charge in [0, 0.05) is 5.41 Å². The number of rotatable bonds is 3. The van der Waals surface area contributed by atoms with Gasteiger partial charge in [0.05, 0.1) is 18.7 Å². The van der Waals surface area contributed by atoms with E-state index in [1.807, 2.05) is 33.8 Å². The van der Waals surface area contributed by atoms with E-state index in [4.69, 9.17) is 16.3 Å². The van der Waals surface area contributed by atoms with Gasteiger partial charge >= 0.3 is 0 Å². The third-order valence-electron chi connectivity index (χ3n) is 2.95. The molecule has 2 nitrogen and oxygen atoms in total. The van der Waals surface area contributed by atoms with Crippen LogP contribution in [0.3, 0.4) is 0 Å². The quantitative estimate of drug-likeness (QED) is 0.882. The van der Waals surface area contributed by atoms with Crippen molar-refractivity contribution in [1.82, 2.24) is 0 Å². The molecule has 0 radical (unpaired) electrons. The summed E-state index contributed by atoms with van der Waals surface area (Å²) < 4.78 is 5.21. The van der Waals surface area contributed by atoms with Crippen molar-refractivity contribution in [2.24, 2.45) is 0 Å². The molecule has 0 spiro atoms. The fourth-order valence-electron chi connectivity index (χ4n) is 2.19. The van der Waals surface area contributed by atoms with Crippen LogP contribution in [0, 0.1) is 13.8 Å². The zero-order valence-electron chi connectivity index (χ0n) is 10.5. The smallest absolute Gasteiger partial charge is 0.138 e. The molecule has 1 N–H and O–H groups in total. The van der Waals surface area contributed by atoms with E-state index < -0.39 is 0 Å². The van der Waals surface area contributed by atoms with Gasteiger partial charge < -0.3 is 9.84 Å². The van der Waals surface area contributed by atoms with Gasteiger partial charge in [-0.2, -0.15) is 0 Å². The number of aliphatic hydroxyl groups excluding tert-OH is 1. The topological polar surface area (TPSA) is 29.5 Å². The third kappa shape index (κ3) is 2.18. The first-order chi connectivity index (χ1) is 7.35.